The van der Waals surface area contributed by atoms with Crippen molar-refractivity contribution in [3.05, 3.63) is 41.6 Å². The number of nitrogens with one attached hydrogen (secondary N) is 1. The molecular formula is C15H19N3O. The Morgan fingerprint density at radius 2 is 2.05 bits per heavy atom. The molecule has 2 aromatic rings. The summed E-state index contributed by atoms with van der Waals surface area (Å²) in [7, 11) is 0. The van der Waals surface area contributed by atoms with Crippen LogP contribution in [0.15, 0.2) is 30.5 Å². The molecular weight excluding hydrogens is 238 g/mol. The molecule has 0 bridgehead atoms. The van der Waals surface area contributed by atoms with Gasteiger partial charge in [-0.2, -0.15) is 4.98 Å². The second kappa shape index (κ2) is 6.18. The third-order valence-electron chi connectivity index (χ3n) is 2.93. The van der Waals surface area contributed by atoms with Crippen LogP contribution in [0.4, 0.5) is 5.95 Å². The minimum absolute atomic E-state index is 0.558. The Hall–Kier alpha value is -2.10. The maximum absolute atomic E-state index is 5.82. The molecule has 4 heteroatoms. The SMILES string of the molecule is CCCNc1nccc(Oc2cccc(C)c2C)n1. The lowest BCUT2D eigenvalue weighted by Gasteiger charge is -2.10. The van der Waals surface area contributed by atoms with Crippen LogP contribution in [0.1, 0.15) is 24.5 Å². The van der Waals surface area contributed by atoms with Gasteiger partial charge in [-0.15, -0.1) is 0 Å². The third kappa shape index (κ3) is 3.44. The predicted molar refractivity (Wildman–Crippen MR) is 76.8 cm³/mol. The van der Waals surface area contributed by atoms with Crippen molar-refractivity contribution in [2.24, 2.45) is 0 Å². The maximum Gasteiger partial charge on any atom is 0.225 e. The van der Waals surface area contributed by atoms with Gasteiger partial charge < -0.3 is 10.1 Å². The topological polar surface area (TPSA) is 47.0 Å². The van der Waals surface area contributed by atoms with Crippen molar-refractivity contribution in [1.29, 1.82) is 0 Å². The fraction of sp³-hybridized carbons (Fsp3) is 0.333. The van der Waals surface area contributed by atoms with Crippen molar-refractivity contribution in [3.63, 3.8) is 0 Å². The van der Waals surface area contributed by atoms with E-state index in [0.29, 0.717) is 11.8 Å². The van der Waals surface area contributed by atoms with Gasteiger partial charge in [0, 0.05) is 18.8 Å². The summed E-state index contributed by atoms with van der Waals surface area (Å²) >= 11 is 0. The number of hydrogen-bond donors (Lipinski definition) is 1. The van der Waals surface area contributed by atoms with Crippen molar-refractivity contribution in [2.75, 3.05) is 11.9 Å². The third-order valence-corrected chi connectivity index (χ3v) is 2.93. The lowest BCUT2D eigenvalue weighted by molar-refractivity contribution is 0.458. The molecule has 0 unspecified atom stereocenters. The Kier molecular flexibility index (Phi) is 4.34. The van der Waals surface area contributed by atoms with Crippen LogP contribution < -0.4 is 10.1 Å². The smallest absolute Gasteiger partial charge is 0.225 e. The van der Waals surface area contributed by atoms with Gasteiger partial charge in [0.05, 0.1) is 0 Å². The summed E-state index contributed by atoms with van der Waals surface area (Å²) in [6.45, 7) is 7.06. The number of aromatic nitrogens is 2. The van der Waals surface area contributed by atoms with E-state index in [4.69, 9.17) is 4.74 Å². The molecule has 0 spiro atoms. The van der Waals surface area contributed by atoms with E-state index in [2.05, 4.69) is 35.2 Å². The number of anilines is 1. The summed E-state index contributed by atoms with van der Waals surface area (Å²) in [5, 5.41) is 3.14. The molecule has 1 N–H and O–H groups in total. The minimum Gasteiger partial charge on any atom is -0.439 e. The van der Waals surface area contributed by atoms with E-state index in [-0.39, 0.29) is 0 Å². The fourth-order valence-corrected chi connectivity index (χ4v) is 1.67. The molecule has 0 atom stereocenters. The van der Waals surface area contributed by atoms with Gasteiger partial charge in [0.15, 0.2) is 0 Å². The Bertz CT molecular complexity index is 555. The number of benzene rings is 1. The van der Waals surface area contributed by atoms with Gasteiger partial charge >= 0.3 is 0 Å². The molecule has 0 saturated heterocycles. The van der Waals surface area contributed by atoms with Crippen LogP contribution in [0.5, 0.6) is 11.6 Å². The van der Waals surface area contributed by atoms with Crippen LogP contribution in [-0.2, 0) is 0 Å². The van der Waals surface area contributed by atoms with Gasteiger partial charge in [0.25, 0.3) is 0 Å². The lowest BCUT2D eigenvalue weighted by atomic mass is 10.1. The van der Waals surface area contributed by atoms with Crippen molar-refractivity contribution >= 4 is 5.95 Å². The van der Waals surface area contributed by atoms with Crippen LogP contribution in [0, 0.1) is 13.8 Å². The summed E-state index contributed by atoms with van der Waals surface area (Å²) in [4.78, 5) is 8.49. The highest BCUT2D eigenvalue weighted by Gasteiger charge is 2.05. The zero-order valence-electron chi connectivity index (χ0n) is 11.6. The molecule has 0 fully saturated rings. The average molecular weight is 257 g/mol. The average Bonchev–Trinajstić information content (AvgIpc) is 2.42. The van der Waals surface area contributed by atoms with Gasteiger partial charge in [0.1, 0.15) is 5.75 Å². The minimum atomic E-state index is 0.558. The van der Waals surface area contributed by atoms with Crippen LogP contribution in [-0.4, -0.2) is 16.5 Å². The standard InChI is InChI=1S/C15H19N3O/c1-4-9-16-15-17-10-8-14(18-15)19-13-7-5-6-11(2)12(13)3/h5-8,10H,4,9H2,1-3H3,(H,16,17,18). The highest BCUT2D eigenvalue weighted by atomic mass is 16.5. The van der Waals surface area contributed by atoms with E-state index in [9.17, 15) is 0 Å². The van der Waals surface area contributed by atoms with E-state index < -0.39 is 0 Å². The number of aryl methyl sites for hydroxylation is 1. The molecule has 0 aliphatic rings. The van der Waals surface area contributed by atoms with Crippen LogP contribution in [0.2, 0.25) is 0 Å². The molecule has 1 heterocycles. The molecule has 0 aliphatic carbocycles. The van der Waals surface area contributed by atoms with Crippen LogP contribution >= 0.6 is 0 Å². The highest BCUT2D eigenvalue weighted by Crippen LogP contribution is 2.25. The van der Waals surface area contributed by atoms with Crippen LogP contribution in [0.3, 0.4) is 0 Å². The second-order valence-corrected chi connectivity index (χ2v) is 4.45. The summed E-state index contributed by atoms with van der Waals surface area (Å²) in [6.07, 6.45) is 2.73. The van der Waals surface area contributed by atoms with Gasteiger partial charge in [-0.1, -0.05) is 19.1 Å². The van der Waals surface area contributed by atoms with Gasteiger partial charge in [-0.3, -0.25) is 0 Å². The second-order valence-electron chi connectivity index (χ2n) is 4.45. The largest absolute Gasteiger partial charge is 0.439 e. The fourth-order valence-electron chi connectivity index (χ4n) is 1.67. The van der Waals surface area contributed by atoms with E-state index in [0.717, 1.165) is 24.3 Å². The molecule has 0 saturated carbocycles. The first-order valence-electron chi connectivity index (χ1n) is 6.51. The zero-order chi connectivity index (χ0) is 13.7. The normalized spacial score (nSPS) is 10.3. The number of rotatable bonds is 5. The highest BCUT2D eigenvalue weighted by molar-refractivity contribution is 5.40. The maximum atomic E-state index is 5.82. The van der Waals surface area contributed by atoms with Crippen molar-refractivity contribution < 1.29 is 4.74 Å². The number of ether oxygens (including phenoxy) is 1. The summed E-state index contributed by atoms with van der Waals surface area (Å²) in [6, 6.07) is 7.76. The molecule has 0 aliphatic heterocycles. The van der Waals surface area contributed by atoms with E-state index in [1.165, 1.54) is 5.56 Å². The summed E-state index contributed by atoms with van der Waals surface area (Å²) in [5.41, 5.74) is 2.33. The first kappa shape index (κ1) is 13.3. The van der Waals surface area contributed by atoms with E-state index in [1.807, 2.05) is 19.1 Å². The Balaban J connectivity index is 2.16. The van der Waals surface area contributed by atoms with Crippen molar-refractivity contribution in [2.45, 2.75) is 27.2 Å². The lowest BCUT2D eigenvalue weighted by Crippen LogP contribution is -2.04. The van der Waals surface area contributed by atoms with Crippen molar-refractivity contribution in [1.82, 2.24) is 9.97 Å². The summed E-state index contributed by atoms with van der Waals surface area (Å²) < 4.78 is 5.82. The van der Waals surface area contributed by atoms with Gasteiger partial charge in [-0.05, 0) is 37.5 Å². The summed E-state index contributed by atoms with van der Waals surface area (Å²) in [5.74, 6) is 1.99. The molecule has 19 heavy (non-hydrogen) atoms. The number of hydrogen-bond acceptors (Lipinski definition) is 4. The quantitative estimate of drug-likeness (QED) is 0.887. The molecule has 0 radical (unpaired) electrons. The van der Waals surface area contributed by atoms with E-state index in [1.54, 1.807) is 12.3 Å². The molecule has 1 aromatic carbocycles. The Morgan fingerprint density at radius 1 is 1.21 bits per heavy atom. The van der Waals surface area contributed by atoms with Crippen molar-refractivity contribution in [3.8, 4) is 11.6 Å². The first-order valence-corrected chi connectivity index (χ1v) is 6.51. The number of nitrogens with zero attached hydrogens (tertiary/aromatic N) is 2. The molecule has 100 valence electrons. The molecule has 0 amide bonds. The Morgan fingerprint density at radius 3 is 2.84 bits per heavy atom. The van der Waals surface area contributed by atoms with E-state index >= 15 is 0 Å². The van der Waals surface area contributed by atoms with Gasteiger partial charge in [-0.25, -0.2) is 4.98 Å². The zero-order valence-corrected chi connectivity index (χ0v) is 11.6. The predicted octanol–water partition coefficient (Wildman–Crippen LogP) is 3.71. The monoisotopic (exact) mass is 257 g/mol. The molecule has 4 nitrogen and oxygen atoms in total. The van der Waals surface area contributed by atoms with Gasteiger partial charge in [0.2, 0.25) is 11.8 Å². The molecule has 2 rings (SSSR count). The Labute approximate surface area is 113 Å². The molecule has 1 aromatic heterocycles. The van der Waals surface area contributed by atoms with Crippen LogP contribution in [0.25, 0.3) is 0 Å². The first-order chi connectivity index (χ1) is 9.20.